The number of unbranched alkanes of at least 4 members (excludes halogenated alkanes) is 1. The lowest BCUT2D eigenvalue weighted by molar-refractivity contribution is -0.123. The Morgan fingerprint density at radius 3 is 2.70 bits per heavy atom. The Morgan fingerprint density at radius 2 is 2.00 bits per heavy atom. The van der Waals surface area contributed by atoms with Crippen LogP contribution in [0.3, 0.4) is 0 Å². The third-order valence-electron chi connectivity index (χ3n) is 6.09. The van der Waals surface area contributed by atoms with Gasteiger partial charge in [0.05, 0.1) is 23.0 Å². The minimum atomic E-state index is -1.30. The van der Waals surface area contributed by atoms with Crippen molar-refractivity contribution in [3.8, 4) is 0 Å². The number of nitrogens with one attached hydrogen (secondary N) is 3. The number of aliphatic hydroxyl groups excluding tert-OH is 1. The van der Waals surface area contributed by atoms with Gasteiger partial charge in [-0.15, -0.1) is 6.58 Å². The van der Waals surface area contributed by atoms with Crippen LogP contribution < -0.4 is 16.0 Å². The van der Waals surface area contributed by atoms with E-state index < -0.39 is 18.4 Å². The molecule has 3 atom stereocenters. The molecule has 0 saturated carbocycles. The van der Waals surface area contributed by atoms with Gasteiger partial charge >= 0.3 is 0 Å². The summed E-state index contributed by atoms with van der Waals surface area (Å²) in [5.41, 5.74) is 4.75. The van der Waals surface area contributed by atoms with Gasteiger partial charge in [0, 0.05) is 18.2 Å². The van der Waals surface area contributed by atoms with Gasteiger partial charge in [0.15, 0.2) is 6.29 Å². The largest absolute Gasteiger partial charge is 0.368 e. The van der Waals surface area contributed by atoms with E-state index in [4.69, 9.17) is 0 Å². The lowest BCUT2D eigenvalue weighted by Gasteiger charge is -2.30. The van der Waals surface area contributed by atoms with E-state index >= 15 is 0 Å². The zero-order valence-electron chi connectivity index (χ0n) is 22.2. The summed E-state index contributed by atoms with van der Waals surface area (Å²) in [7, 11) is 0. The molecule has 0 bridgehead atoms. The highest BCUT2D eigenvalue weighted by Crippen LogP contribution is 2.27. The van der Waals surface area contributed by atoms with Crippen molar-refractivity contribution in [2.24, 2.45) is 5.92 Å². The molecule has 1 aliphatic heterocycles. The molecule has 6 nitrogen and oxygen atoms in total. The molecule has 0 radical (unpaired) electrons. The van der Waals surface area contributed by atoms with E-state index in [1.807, 2.05) is 45.1 Å². The standard InChI is InChI=1S/C30H42FN3O3/c1-5-24(31)17-13-14-22(4)32-30(37)21(3)20-27-25(6-2)34-29(23-15-9-7-8-10-16-23)26(33-27)18-11-12-19-28(35)36/h5-9,13-16,20-22,24,28,33-36H,1,10-12,17-19H2,2-4H3,(H,32,37)/b14-13+,25-6+,27-20+. The molecule has 37 heavy (non-hydrogen) atoms. The van der Waals surface area contributed by atoms with E-state index in [0.29, 0.717) is 19.3 Å². The Balaban J connectivity index is 2.19. The topological polar surface area (TPSA) is 93.6 Å². The van der Waals surface area contributed by atoms with Crippen LogP contribution in [0, 0.1) is 5.92 Å². The number of hydrogen-bond acceptors (Lipinski definition) is 5. The molecule has 7 heteroatoms. The summed E-state index contributed by atoms with van der Waals surface area (Å²) in [5, 5.41) is 28.4. The van der Waals surface area contributed by atoms with Gasteiger partial charge in [-0.05, 0) is 57.6 Å². The Hall–Kier alpha value is -3.16. The summed E-state index contributed by atoms with van der Waals surface area (Å²) in [6.45, 7) is 9.07. The van der Waals surface area contributed by atoms with Crippen LogP contribution in [0.4, 0.5) is 4.39 Å². The summed E-state index contributed by atoms with van der Waals surface area (Å²) >= 11 is 0. The molecule has 0 aromatic heterocycles. The van der Waals surface area contributed by atoms with Crippen LogP contribution in [0.15, 0.2) is 95.7 Å². The second kappa shape index (κ2) is 15.8. The third kappa shape index (κ3) is 10.4. The van der Waals surface area contributed by atoms with Crippen molar-refractivity contribution in [1.29, 1.82) is 0 Å². The fourth-order valence-electron chi connectivity index (χ4n) is 3.99. The van der Waals surface area contributed by atoms with Crippen LogP contribution in [-0.4, -0.2) is 34.6 Å². The van der Waals surface area contributed by atoms with Crippen LogP contribution in [0.25, 0.3) is 0 Å². The highest BCUT2D eigenvalue weighted by molar-refractivity contribution is 5.80. The van der Waals surface area contributed by atoms with Crippen LogP contribution in [0.5, 0.6) is 0 Å². The smallest absolute Gasteiger partial charge is 0.227 e. The molecule has 0 spiro atoms. The quantitative estimate of drug-likeness (QED) is 0.135. The predicted molar refractivity (Wildman–Crippen MR) is 148 cm³/mol. The first-order valence-electron chi connectivity index (χ1n) is 13.0. The SMILES string of the molecule is C=CC(F)C/C=C/C(C)NC(=O)C(C)/C=C1/NC(CCCCC(O)O)=C(C2=CCC=CC=C2)N/C1=C/C. The molecular formula is C30H42FN3O3. The van der Waals surface area contributed by atoms with Crippen molar-refractivity contribution < 1.29 is 19.4 Å². The summed E-state index contributed by atoms with van der Waals surface area (Å²) in [4.78, 5) is 12.8. The summed E-state index contributed by atoms with van der Waals surface area (Å²) in [6.07, 6.45) is 20.2. The first-order chi connectivity index (χ1) is 17.7. The van der Waals surface area contributed by atoms with Gasteiger partial charge in [0.2, 0.25) is 5.91 Å². The molecule has 2 aliphatic rings. The molecule has 202 valence electrons. The maximum Gasteiger partial charge on any atom is 0.227 e. The number of carbonyl (C=O) groups excluding carboxylic acids is 1. The Bertz CT molecular complexity index is 1000. The Labute approximate surface area is 220 Å². The number of hydrogen-bond donors (Lipinski definition) is 5. The Morgan fingerprint density at radius 1 is 1.22 bits per heavy atom. The molecule has 0 aromatic rings. The first-order valence-corrected chi connectivity index (χ1v) is 13.0. The normalized spacial score (nSPS) is 20.5. The van der Waals surface area contributed by atoms with Gasteiger partial charge in [-0.3, -0.25) is 4.79 Å². The summed E-state index contributed by atoms with van der Waals surface area (Å²) < 4.78 is 13.3. The van der Waals surface area contributed by atoms with Crippen molar-refractivity contribution in [3.63, 3.8) is 0 Å². The Kier molecular flexibility index (Phi) is 12.9. The van der Waals surface area contributed by atoms with E-state index in [-0.39, 0.29) is 18.4 Å². The summed E-state index contributed by atoms with van der Waals surface area (Å²) in [6, 6.07) is -0.226. The van der Waals surface area contributed by atoms with Crippen LogP contribution >= 0.6 is 0 Å². The van der Waals surface area contributed by atoms with Crippen LogP contribution in [-0.2, 0) is 4.79 Å². The van der Waals surface area contributed by atoms with Crippen LogP contribution in [0.1, 0.15) is 59.3 Å². The number of amides is 1. The van der Waals surface area contributed by atoms with Gasteiger partial charge in [-0.2, -0.15) is 0 Å². The van der Waals surface area contributed by atoms with Gasteiger partial charge in [-0.1, -0.05) is 61.6 Å². The monoisotopic (exact) mass is 511 g/mol. The predicted octanol–water partition coefficient (Wildman–Crippen LogP) is 5.10. The van der Waals surface area contributed by atoms with E-state index in [0.717, 1.165) is 41.2 Å². The molecule has 0 fully saturated rings. The average Bonchev–Trinajstić information content (AvgIpc) is 3.16. The van der Waals surface area contributed by atoms with Gasteiger partial charge in [-0.25, -0.2) is 4.39 Å². The lowest BCUT2D eigenvalue weighted by atomic mass is 9.99. The molecule has 0 saturated heterocycles. The van der Waals surface area contributed by atoms with Crippen molar-refractivity contribution in [2.75, 3.05) is 0 Å². The number of alkyl halides is 1. The second-order valence-corrected chi connectivity index (χ2v) is 9.30. The zero-order valence-corrected chi connectivity index (χ0v) is 22.2. The second-order valence-electron chi connectivity index (χ2n) is 9.30. The highest BCUT2D eigenvalue weighted by Gasteiger charge is 2.23. The maximum atomic E-state index is 13.3. The molecule has 1 aliphatic carbocycles. The molecule has 1 amide bonds. The third-order valence-corrected chi connectivity index (χ3v) is 6.09. The molecule has 1 heterocycles. The fraction of sp³-hybridized carbons (Fsp3) is 0.433. The van der Waals surface area contributed by atoms with Gasteiger partial charge < -0.3 is 26.2 Å². The maximum absolute atomic E-state index is 13.3. The molecule has 5 N–H and O–H groups in total. The van der Waals surface area contributed by atoms with Crippen molar-refractivity contribution in [3.05, 3.63) is 95.7 Å². The van der Waals surface area contributed by atoms with E-state index in [2.05, 4.69) is 40.8 Å². The van der Waals surface area contributed by atoms with Crippen molar-refractivity contribution in [2.45, 2.75) is 77.8 Å². The van der Waals surface area contributed by atoms with E-state index in [9.17, 15) is 19.4 Å². The van der Waals surface area contributed by atoms with Crippen molar-refractivity contribution >= 4 is 5.91 Å². The van der Waals surface area contributed by atoms with Crippen molar-refractivity contribution in [1.82, 2.24) is 16.0 Å². The van der Waals surface area contributed by atoms with E-state index in [1.165, 1.54) is 6.08 Å². The highest BCUT2D eigenvalue weighted by atomic mass is 19.1. The van der Waals surface area contributed by atoms with Gasteiger partial charge in [0.1, 0.15) is 6.17 Å². The lowest BCUT2D eigenvalue weighted by Crippen LogP contribution is -2.36. The van der Waals surface area contributed by atoms with Crippen LogP contribution in [0.2, 0.25) is 0 Å². The molecule has 3 unspecified atom stereocenters. The fourth-order valence-corrected chi connectivity index (χ4v) is 3.99. The number of aliphatic hydroxyl groups is 2. The minimum absolute atomic E-state index is 0.129. The number of carbonyl (C=O) groups is 1. The minimum Gasteiger partial charge on any atom is -0.368 e. The number of allylic oxidation sites excluding steroid dienone is 9. The molecule has 2 rings (SSSR count). The number of halogens is 1. The van der Waals surface area contributed by atoms with Gasteiger partial charge in [0.25, 0.3) is 0 Å². The number of rotatable bonds is 13. The summed E-state index contributed by atoms with van der Waals surface area (Å²) in [5.74, 6) is -0.540. The molecule has 0 aromatic carbocycles. The first kappa shape index (κ1) is 30.1. The zero-order chi connectivity index (χ0) is 27.2. The average molecular weight is 512 g/mol. The van der Waals surface area contributed by atoms with E-state index in [1.54, 1.807) is 12.2 Å². The molecular weight excluding hydrogens is 469 g/mol.